The van der Waals surface area contributed by atoms with Crippen LogP contribution < -0.4 is 16.0 Å². The summed E-state index contributed by atoms with van der Waals surface area (Å²) in [6.45, 7) is 2.11. The van der Waals surface area contributed by atoms with Gasteiger partial charge in [0.1, 0.15) is 17.4 Å². The van der Waals surface area contributed by atoms with Crippen LogP contribution in [0.4, 0.5) is 8.78 Å². The van der Waals surface area contributed by atoms with E-state index in [1.807, 2.05) is 0 Å². The predicted molar refractivity (Wildman–Crippen MR) is 84.0 cm³/mol. The highest BCUT2D eigenvalue weighted by Gasteiger charge is 2.32. The smallest absolute Gasteiger partial charge is 0.257 e. The molecule has 9 heteroatoms. The quantitative estimate of drug-likeness (QED) is 0.636. The number of carbonyl (C=O) groups is 3. The molecule has 3 N–H and O–H groups in total. The van der Waals surface area contributed by atoms with Crippen molar-refractivity contribution in [3.05, 3.63) is 34.8 Å². The average molecular weight is 355 g/mol. The zero-order valence-electron chi connectivity index (χ0n) is 13.9. The Balaban J connectivity index is 2.32. The first kappa shape index (κ1) is 18.6. The van der Waals surface area contributed by atoms with Gasteiger partial charge in [-0.1, -0.05) is 6.08 Å². The molecule has 2 aliphatic rings. The normalized spacial score (nSPS) is 21.4. The minimum Gasteiger partial charge on any atom is -0.498 e. The van der Waals surface area contributed by atoms with E-state index >= 15 is 0 Å². The predicted octanol–water partition coefficient (Wildman–Crippen LogP) is 0.856. The van der Waals surface area contributed by atoms with E-state index in [0.717, 1.165) is 0 Å². The van der Waals surface area contributed by atoms with Gasteiger partial charge in [0.15, 0.2) is 11.7 Å². The van der Waals surface area contributed by atoms with Crippen LogP contribution in [0.1, 0.15) is 26.2 Å². The summed E-state index contributed by atoms with van der Waals surface area (Å²) >= 11 is 0. The third kappa shape index (κ3) is 4.04. The van der Waals surface area contributed by atoms with Gasteiger partial charge in [-0.05, 0) is 13.3 Å². The third-order valence-electron chi connectivity index (χ3n) is 3.80. The Morgan fingerprint density at radius 1 is 1.36 bits per heavy atom. The molecule has 136 valence electrons. The van der Waals surface area contributed by atoms with Crippen molar-refractivity contribution in [3.63, 3.8) is 0 Å². The lowest BCUT2D eigenvalue weighted by atomic mass is 10.0. The molecule has 25 heavy (non-hydrogen) atoms. The molecule has 0 aromatic carbocycles. The molecule has 1 unspecified atom stereocenters. The van der Waals surface area contributed by atoms with Crippen LogP contribution in [0.15, 0.2) is 34.8 Å². The molecule has 1 aliphatic heterocycles. The van der Waals surface area contributed by atoms with Crippen LogP contribution in [0.25, 0.3) is 0 Å². The van der Waals surface area contributed by atoms with Crippen molar-refractivity contribution >= 4 is 17.7 Å². The molecule has 1 aliphatic carbocycles. The number of methoxy groups -OCH3 is 1. The molecule has 7 nitrogen and oxygen atoms in total. The number of hydrogen-bond acceptors (Lipinski definition) is 5. The summed E-state index contributed by atoms with van der Waals surface area (Å²) < 4.78 is 33.5. The fourth-order valence-corrected chi connectivity index (χ4v) is 2.54. The summed E-state index contributed by atoms with van der Waals surface area (Å²) in [6, 6.07) is -0.995. The summed E-state index contributed by atoms with van der Waals surface area (Å²) in [5.41, 5.74) is -0.442. The van der Waals surface area contributed by atoms with E-state index < -0.39 is 41.0 Å². The van der Waals surface area contributed by atoms with Gasteiger partial charge in [0.05, 0.1) is 7.11 Å². The van der Waals surface area contributed by atoms with Crippen LogP contribution in [-0.4, -0.2) is 37.4 Å². The summed E-state index contributed by atoms with van der Waals surface area (Å²) in [5, 5.41) is 7.24. The molecule has 3 amide bonds. The monoisotopic (exact) mass is 355 g/mol. The van der Waals surface area contributed by atoms with E-state index in [9.17, 15) is 23.2 Å². The summed E-state index contributed by atoms with van der Waals surface area (Å²) in [5.74, 6) is -4.95. The Kier molecular flexibility index (Phi) is 5.89. The van der Waals surface area contributed by atoms with Gasteiger partial charge in [-0.2, -0.15) is 4.39 Å². The number of halogens is 2. The highest BCUT2D eigenvalue weighted by Crippen LogP contribution is 2.30. The van der Waals surface area contributed by atoms with E-state index in [1.54, 1.807) is 6.92 Å². The van der Waals surface area contributed by atoms with Crippen LogP contribution in [0, 0.1) is 0 Å². The fraction of sp³-hybridized carbons (Fsp3) is 0.438. The molecule has 1 atom stereocenters. The van der Waals surface area contributed by atoms with Gasteiger partial charge in [-0.15, -0.1) is 0 Å². The molecular weight excluding hydrogens is 336 g/mol. The Hall–Kier alpha value is -2.71. The highest BCUT2D eigenvalue weighted by molar-refractivity contribution is 6.05. The van der Waals surface area contributed by atoms with Crippen LogP contribution >= 0.6 is 0 Å². The number of imide groups is 1. The topological polar surface area (TPSA) is 96.5 Å². The minimum atomic E-state index is -1.37. The largest absolute Gasteiger partial charge is 0.498 e. The first-order valence-electron chi connectivity index (χ1n) is 7.80. The highest BCUT2D eigenvalue weighted by atomic mass is 19.2. The van der Waals surface area contributed by atoms with E-state index in [1.165, 1.54) is 13.2 Å². The van der Waals surface area contributed by atoms with Crippen molar-refractivity contribution < 1.29 is 27.9 Å². The number of ether oxygens (including phenoxy) is 1. The minimum absolute atomic E-state index is 0.0344. The molecule has 0 radical (unpaired) electrons. The fourth-order valence-electron chi connectivity index (χ4n) is 2.54. The molecule has 0 aromatic heterocycles. The summed E-state index contributed by atoms with van der Waals surface area (Å²) in [6.07, 6.45) is 1.55. The Bertz CT molecular complexity index is 697. The Morgan fingerprint density at radius 3 is 2.68 bits per heavy atom. The van der Waals surface area contributed by atoms with Crippen LogP contribution in [0.2, 0.25) is 0 Å². The molecular formula is C16H19F2N3O4. The van der Waals surface area contributed by atoms with Crippen molar-refractivity contribution in [2.24, 2.45) is 0 Å². The molecule has 1 saturated heterocycles. The Morgan fingerprint density at radius 2 is 2.08 bits per heavy atom. The third-order valence-corrected chi connectivity index (χ3v) is 3.80. The van der Waals surface area contributed by atoms with E-state index in [0.29, 0.717) is 6.54 Å². The van der Waals surface area contributed by atoms with Crippen molar-refractivity contribution in [3.8, 4) is 0 Å². The lowest BCUT2D eigenvalue weighted by Gasteiger charge is -2.23. The number of nitrogens with one attached hydrogen (secondary N) is 3. The van der Waals surface area contributed by atoms with E-state index in [2.05, 4.69) is 16.0 Å². The van der Waals surface area contributed by atoms with Crippen LogP contribution in [0.5, 0.6) is 0 Å². The number of rotatable bonds is 5. The van der Waals surface area contributed by atoms with Gasteiger partial charge in [0.2, 0.25) is 11.8 Å². The van der Waals surface area contributed by atoms with E-state index in [-0.39, 0.29) is 30.7 Å². The standard InChI is InChI=1S/C16H19F2N3O4/c1-3-19-8-4-6-10(25-2)13(17)14(18)12(8)16(24)20-9-5-7-11(22)21-15(9)23/h4,9,19H,3,5-7H2,1-2H3,(H,20,24)(H,21,22,23). The Labute approximate surface area is 143 Å². The number of allylic oxidation sites excluding steroid dienone is 3. The zero-order valence-corrected chi connectivity index (χ0v) is 13.9. The molecule has 0 bridgehead atoms. The number of piperidine rings is 1. The van der Waals surface area contributed by atoms with Crippen molar-refractivity contribution in [2.45, 2.75) is 32.2 Å². The lowest BCUT2D eigenvalue weighted by Crippen LogP contribution is -2.52. The maximum absolute atomic E-state index is 14.5. The second-order valence-corrected chi connectivity index (χ2v) is 5.46. The molecule has 1 heterocycles. The number of hydrogen-bond donors (Lipinski definition) is 3. The first-order valence-corrected chi connectivity index (χ1v) is 7.80. The maximum atomic E-state index is 14.5. The van der Waals surface area contributed by atoms with E-state index in [4.69, 9.17) is 4.74 Å². The van der Waals surface area contributed by atoms with Crippen molar-refractivity contribution in [1.29, 1.82) is 0 Å². The average Bonchev–Trinajstić information content (AvgIpc) is 2.68. The van der Waals surface area contributed by atoms with Crippen molar-refractivity contribution in [1.82, 2.24) is 16.0 Å². The van der Waals surface area contributed by atoms with Gasteiger partial charge < -0.3 is 15.4 Å². The zero-order chi connectivity index (χ0) is 18.6. The number of carbonyl (C=O) groups excluding carboxylic acids is 3. The second kappa shape index (κ2) is 7.91. The van der Waals surface area contributed by atoms with Gasteiger partial charge in [-0.25, -0.2) is 4.39 Å². The van der Waals surface area contributed by atoms with Crippen LogP contribution in [-0.2, 0) is 19.1 Å². The van der Waals surface area contributed by atoms with Crippen molar-refractivity contribution in [2.75, 3.05) is 13.7 Å². The first-order chi connectivity index (χ1) is 11.9. The molecule has 1 fully saturated rings. The molecule has 0 aromatic rings. The number of likely N-dealkylation sites (N-methyl/N-ethyl adjacent to an activating group) is 1. The van der Waals surface area contributed by atoms with Crippen LogP contribution in [0.3, 0.4) is 0 Å². The molecule has 2 rings (SSSR count). The SMILES string of the molecule is CCNC1=CCC(OC)=C(F)C(F)=C1C(=O)NC1CCC(=O)NC1=O. The lowest BCUT2D eigenvalue weighted by molar-refractivity contribution is -0.136. The molecule has 0 saturated carbocycles. The second-order valence-electron chi connectivity index (χ2n) is 5.46. The molecule has 0 spiro atoms. The summed E-state index contributed by atoms with van der Waals surface area (Å²) in [4.78, 5) is 35.4. The van der Waals surface area contributed by atoms with Gasteiger partial charge in [0, 0.05) is 25.1 Å². The number of amides is 3. The maximum Gasteiger partial charge on any atom is 0.257 e. The van der Waals surface area contributed by atoms with Gasteiger partial charge in [-0.3, -0.25) is 19.7 Å². The van der Waals surface area contributed by atoms with Gasteiger partial charge in [0.25, 0.3) is 5.91 Å². The van der Waals surface area contributed by atoms with Gasteiger partial charge >= 0.3 is 0 Å². The summed E-state index contributed by atoms with van der Waals surface area (Å²) in [7, 11) is 1.21.